The molecule has 186 valence electrons. The van der Waals surface area contributed by atoms with Gasteiger partial charge in [0.1, 0.15) is 12.4 Å². The van der Waals surface area contributed by atoms with E-state index < -0.39 is 27.7 Å². The van der Waals surface area contributed by atoms with E-state index in [1.54, 1.807) is 38.1 Å². The van der Waals surface area contributed by atoms with Gasteiger partial charge in [0, 0.05) is 11.6 Å². The van der Waals surface area contributed by atoms with Crippen molar-refractivity contribution in [2.75, 3.05) is 4.72 Å². The van der Waals surface area contributed by atoms with Gasteiger partial charge < -0.3 is 14.3 Å². The molecule has 11 heteroatoms. The van der Waals surface area contributed by atoms with Crippen LogP contribution < -0.4 is 9.46 Å². The van der Waals surface area contributed by atoms with Crippen molar-refractivity contribution in [3.8, 4) is 5.75 Å². The van der Waals surface area contributed by atoms with E-state index in [1.165, 1.54) is 18.4 Å². The summed E-state index contributed by atoms with van der Waals surface area (Å²) < 4.78 is 78.6. The molecule has 2 aromatic carbocycles. The molecule has 0 fully saturated rings. The van der Waals surface area contributed by atoms with E-state index in [-0.39, 0.29) is 29.1 Å². The number of aliphatic carboxylic acids is 1. The molecular weight excluding hydrogens is 487 g/mol. The van der Waals surface area contributed by atoms with E-state index in [9.17, 15) is 26.4 Å². The van der Waals surface area contributed by atoms with Gasteiger partial charge in [0.15, 0.2) is 0 Å². The van der Waals surface area contributed by atoms with Gasteiger partial charge in [-0.2, -0.15) is 21.6 Å². The van der Waals surface area contributed by atoms with Crippen LogP contribution in [0.3, 0.4) is 0 Å². The maximum absolute atomic E-state index is 13.3. The van der Waals surface area contributed by atoms with Crippen LogP contribution in [0.2, 0.25) is 0 Å². The van der Waals surface area contributed by atoms with Crippen molar-refractivity contribution in [2.24, 2.45) is 0 Å². The Kier molecular flexibility index (Phi) is 7.59. The molecule has 0 radical (unpaired) electrons. The Bertz CT molecular complexity index is 1330. The summed E-state index contributed by atoms with van der Waals surface area (Å²) in [5.74, 6) is -1.60. The number of carbonyl (C=O) groups is 1. The molecule has 3 aromatic rings. The second kappa shape index (κ2) is 10.3. The molecule has 7 nitrogen and oxygen atoms in total. The number of rotatable bonds is 9. The summed E-state index contributed by atoms with van der Waals surface area (Å²) in [7, 11) is -4.25. The summed E-state index contributed by atoms with van der Waals surface area (Å²) in [4.78, 5) is 10.6. The molecule has 3 rings (SSSR count). The highest BCUT2D eigenvalue weighted by atomic mass is 32.2. The van der Waals surface area contributed by atoms with Crippen molar-refractivity contribution >= 4 is 27.8 Å². The largest absolute Gasteiger partial charge is 0.487 e. The number of carboxylic acid groups (broad SMARTS) is 1. The Balaban J connectivity index is 1.88. The number of benzene rings is 2. The van der Waals surface area contributed by atoms with Crippen LogP contribution in [-0.4, -0.2) is 19.5 Å². The lowest BCUT2D eigenvalue weighted by Crippen LogP contribution is -2.16. The van der Waals surface area contributed by atoms with Crippen molar-refractivity contribution in [3.05, 3.63) is 83.1 Å². The first-order valence-corrected chi connectivity index (χ1v) is 11.8. The van der Waals surface area contributed by atoms with Gasteiger partial charge in [0.2, 0.25) is 5.09 Å². The molecular formula is C24H22F3NO6S. The highest BCUT2D eigenvalue weighted by molar-refractivity contribution is 7.92. The molecule has 0 atom stereocenters. The zero-order valence-electron chi connectivity index (χ0n) is 18.7. The van der Waals surface area contributed by atoms with Crippen LogP contribution in [0.1, 0.15) is 42.0 Å². The summed E-state index contributed by atoms with van der Waals surface area (Å²) in [5, 5.41) is 8.36. The average Bonchev–Trinajstić information content (AvgIpc) is 3.28. The first kappa shape index (κ1) is 25.9. The number of alkyl halides is 3. The van der Waals surface area contributed by atoms with Crippen molar-refractivity contribution < 1.29 is 40.6 Å². The summed E-state index contributed by atoms with van der Waals surface area (Å²) >= 11 is 0. The molecule has 0 unspecified atom stereocenters. The number of nitrogens with one attached hydrogen (secondary N) is 1. The van der Waals surface area contributed by atoms with Crippen LogP contribution in [-0.2, 0) is 27.6 Å². The number of ether oxygens (including phenoxy) is 1. The average molecular weight is 510 g/mol. The van der Waals surface area contributed by atoms with Crippen LogP contribution in [0, 0.1) is 0 Å². The third kappa shape index (κ3) is 6.66. The molecule has 0 aliphatic carbocycles. The maximum Gasteiger partial charge on any atom is 0.416 e. The van der Waals surface area contributed by atoms with Crippen LogP contribution in [0.5, 0.6) is 5.75 Å². The van der Waals surface area contributed by atoms with Crippen molar-refractivity contribution in [1.29, 1.82) is 0 Å². The zero-order chi connectivity index (χ0) is 25.8. The normalized spacial score (nSPS) is 12.3. The number of carboxylic acids is 1. The fraction of sp³-hybridized carbons (Fsp3) is 0.208. The lowest BCUT2D eigenvalue weighted by Gasteiger charge is -2.16. The minimum absolute atomic E-state index is 0.169. The molecule has 35 heavy (non-hydrogen) atoms. The SMILES string of the molecule is CC(C)c1ccoc1S(=O)(=O)Nc1ccc(C(F)(F)F)cc1OCc1ccc(/C=C/C(=O)O)cc1. The van der Waals surface area contributed by atoms with Gasteiger partial charge in [0.25, 0.3) is 10.0 Å². The third-order valence-electron chi connectivity index (χ3n) is 4.87. The minimum Gasteiger partial charge on any atom is -0.487 e. The number of sulfonamides is 1. The Morgan fingerprint density at radius 2 is 1.83 bits per heavy atom. The van der Waals surface area contributed by atoms with E-state index in [0.717, 1.165) is 18.2 Å². The fourth-order valence-electron chi connectivity index (χ4n) is 3.10. The van der Waals surface area contributed by atoms with Gasteiger partial charge in [-0.15, -0.1) is 0 Å². The van der Waals surface area contributed by atoms with Gasteiger partial charge in [-0.25, -0.2) is 4.79 Å². The Labute approximate surface area is 199 Å². The Hall–Kier alpha value is -3.73. The van der Waals surface area contributed by atoms with Gasteiger partial charge in [-0.3, -0.25) is 4.72 Å². The molecule has 0 saturated carbocycles. The van der Waals surface area contributed by atoms with Gasteiger partial charge in [0.05, 0.1) is 17.5 Å². The quantitative estimate of drug-likeness (QED) is 0.348. The van der Waals surface area contributed by atoms with Crippen molar-refractivity contribution in [3.63, 3.8) is 0 Å². The van der Waals surface area contributed by atoms with E-state index >= 15 is 0 Å². The van der Waals surface area contributed by atoms with E-state index in [1.807, 2.05) is 0 Å². The molecule has 1 aromatic heterocycles. The first-order chi connectivity index (χ1) is 16.4. The highest BCUT2D eigenvalue weighted by Crippen LogP contribution is 2.37. The lowest BCUT2D eigenvalue weighted by molar-refractivity contribution is -0.137. The zero-order valence-corrected chi connectivity index (χ0v) is 19.5. The monoisotopic (exact) mass is 509 g/mol. The fourth-order valence-corrected chi connectivity index (χ4v) is 4.45. The number of furan rings is 1. The van der Waals surface area contributed by atoms with Gasteiger partial charge in [-0.1, -0.05) is 38.1 Å². The third-order valence-corrected chi connectivity index (χ3v) is 6.18. The molecule has 0 aliphatic rings. The molecule has 0 amide bonds. The van der Waals surface area contributed by atoms with Crippen LogP contribution in [0.4, 0.5) is 18.9 Å². The molecule has 2 N–H and O–H groups in total. The Morgan fingerprint density at radius 1 is 1.14 bits per heavy atom. The standard InChI is InChI=1S/C24H22F3NO6S/c1-15(2)19-11-12-33-23(19)35(31,32)28-20-9-8-18(24(25,26)27)13-21(20)34-14-17-5-3-16(4-6-17)7-10-22(29)30/h3-13,15,28H,14H2,1-2H3,(H,29,30)/b10-7+. The van der Waals surface area contributed by atoms with Crippen molar-refractivity contribution in [1.82, 2.24) is 0 Å². The predicted molar refractivity (Wildman–Crippen MR) is 122 cm³/mol. The summed E-state index contributed by atoms with van der Waals surface area (Å²) in [6.07, 6.45) is -1.09. The second-order valence-corrected chi connectivity index (χ2v) is 9.42. The lowest BCUT2D eigenvalue weighted by atomic mass is 10.1. The first-order valence-electron chi connectivity index (χ1n) is 10.3. The van der Waals surface area contributed by atoms with Crippen LogP contribution in [0.25, 0.3) is 6.08 Å². The highest BCUT2D eigenvalue weighted by Gasteiger charge is 2.32. The molecule has 0 bridgehead atoms. The van der Waals surface area contributed by atoms with E-state index in [0.29, 0.717) is 22.8 Å². The number of hydrogen-bond acceptors (Lipinski definition) is 5. The Morgan fingerprint density at radius 3 is 2.43 bits per heavy atom. The van der Waals surface area contributed by atoms with Crippen LogP contribution in [0.15, 0.2) is 70.4 Å². The van der Waals surface area contributed by atoms with E-state index in [2.05, 4.69) is 4.72 Å². The second-order valence-electron chi connectivity index (χ2n) is 7.83. The van der Waals surface area contributed by atoms with Gasteiger partial charge in [-0.05, 0) is 47.4 Å². The summed E-state index contributed by atoms with van der Waals surface area (Å²) in [6.45, 7) is 3.38. The minimum atomic E-state index is -4.67. The van der Waals surface area contributed by atoms with Crippen LogP contribution >= 0.6 is 0 Å². The summed E-state index contributed by atoms with van der Waals surface area (Å²) in [5.41, 5.74) is 0.388. The predicted octanol–water partition coefficient (Wildman–Crippen LogP) is 5.90. The van der Waals surface area contributed by atoms with Gasteiger partial charge >= 0.3 is 12.1 Å². The topological polar surface area (TPSA) is 106 Å². The summed E-state index contributed by atoms with van der Waals surface area (Å²) in [6, 6.07) is 10.4. The number of hydrogen-bond donors (Lipinski definition) is 2. The molecule has 0 aliphatic heterocycles. The molecule has 1 heterocycles. The van der Waals surface area contributed by atoms with Crippen molar-refractivity contribution in [2.45, 2.75) is 37.6 Å². The number of anilines is 1. The molecule has 0 spiro atoms. The maximum atomic E-state index is 13.3. The smallest absolute Gasteiger partial charge is 0.416 e. The number of halogens is 3. The molecule has 0 saturated heterocycles. The van der Waals surface area contributed by atoms with E-state index in [4.69, 9.17) is 14.3 Å².